The zero-order valence-electron chi connectivity index (χ0n) is 10.2. The number of primary sulfonamides is 1. The second-order valence-electron chi connectivity index (χ2n) is 4.49. The van der Waals surface area contributed by atoms with E-state index in [9.17, 15) is 13.2 Å². The SMILES string of the molecule is NC(=O)C1CCCN1c1cccc(S(N)(=O)=O)c1N. The molecule has 8 heteroatoms. The highest BCUT2D eigenvalue weighted by Crippen LogP contribution is 2.33. The summed E-state index contributed by atoms with van der Waals surface area (Å²) in [6.45, 7) is 0.603. The Balaban J connectivity index is 2.49. The van der Waals surface area contributed by atoms with Gasteiger partial charge in [-0.05, 0) is 25.0 Å². The van der Waals surface area contributed by atoms with E-state index in [1.54, 1.807) is 17.0 Å². The van der Waals surface area contributed by atoms with Crippen LogP contribution in [0.25, 0.3) is 0 Å². The van der Waals surface area contributed by atoms with Crippen molar-refractivity contribution in [1.29, 1.82) is 0 Å². The van der Waals surface area contributed by atoms with Gasteiger partial charge >= 0.3 is 0 Å². The molecule has 104 valence electrons. The molecule has 0 saturated carbocycles. The van der Waals surface area contributed by atoms with Crippen LogP contribution in [0.15, 0.2) is 23.1 Å². The molecule has 0 bridgehead atoms. The maximum atomic E-state index is 11.4. The molecule has 0 aliphatic carbocycles. The fourth-order valence-electron chi connectivity index (χ4n) is 2.38. The number of hydrogen-bond acceptors (Lipinski definition) is 5. The fraction of sp³-hybridized carbons (Fsp3) is 0.364. The molecular formula is C11H16N4O3S. The Bertz CT molecular complexity index is 614. The standard InChI is InChI=1S/C11H16N4O3S/c12-10-7(3-1-5-9(10)19(14,17)18)15-6-2-4-8(15)11(13)16/h1,3,5,8H,2,4,6,12H2,(H2,13,16)(H2,14,17,18). The summed E-state index contributed by atoms with van der Waals surface area (Å²) >= 11 is 0. The summed E-state index contributed by atoms with van der Waals surface area (Å²) < 4.78 is 22.8. The Morgan fingerprint density at radius 2 is 2.05 bits per heavy atom. The van der Waals surface area contributed by atoms with Crippen LogP contribution in [0.5, 0.6) is 0 Å². The minimum Gasteiger partial charge on any atom is -0.396 e. The minimum absolute atomic E-state index is 0.0538. The van der Waals surface area contributed by atoms with E-state index < -0.39 is 22.0 Å². The van der Waals surface area contributed by atoms with Crippen LogP contribution in [-0.4, -0.2) is 26.9 Å². The molecule has 19 heavy (non-hydrogen) atoms. The van der Waals surface area contributed by atoms with Gasteiger partial charge in [0.05, 0.1) is 11.4 Å². The van der Waals surface area contributed by atoms with Crippen molar-refractivity contribution in [2.75, 3.05) is 17.2 Å². The molecule has 1 fully saturated rings. The number of anilines is 2. The zero-order chi connectivity index (χ0) is 14.2. The normalized spacial score (nSPS) is 19.6. The summed E-state index contributed by atoms with van der Waals surface area (Å²) in [6.07, 6.45) is 1.43. The van der Waals surface area contributed by atoms with Crippen LogP contribution in [0.2, 0.25) is 0 Å². The van der Waals surface area contributed by atoms with Gasteiger partial charge in [0.2, 0.25) is 15.9 Å². The third-order valence-electron chi connectivity index (χ3n) is 3.24. The van der Waals surface area contributed by atoms with Gasteiger partial charge < -0.3 is 16.4 Å². The topological polar surface area (TPSA) is 133 Å². The van der Waals surface area contributed by atoms with Crippen molar-refractivity contribution in [2.24, 2.45) is 10.9 Å². The van der Waals surface area contributed by atoms with E-state index in [0.717, 1.165) is 6.42 Å². The molecule has 7 nitrogen and oxygen atoms in total. The number of rotatable bonds is 3. The maximum Gasteiger partial charge on any atom is 0.240 e. The van der Waals surface area contributed by atoms with Crippen molar-refractivity contribution < 1.29 is 13.2 Å². The Hall–Kier alpha value is -1.80. The van der Waals surface area contributed by atoms with Crippen LogP contribution >= 0.6 is 0 Å². The van der Waals surface area contributed by atoms with Crippen LogP contribution in [0.3, 0.4) is 0 Å². The molecule has 1 saturated heterocycles. The van der Waals surface area contributed by atoms with E-state index in [-0.39, 0.29) is 10.6 Å². The molecule has 1 heterocycles. The monoisotopic (exact) mass is 284 g/mol. The molecule has 1 atom stereocenters. The van der Waals surface area contributed by atoms with Crippen molar-refractivity contribution in [1.82, 2.24) is 0 Å². The van der Waals surface area contributed by atoms with Crippen molar-refractivity contribution in [3.8, 4) is 0 Å². The molecule has 1 aliphatic rings. The Morgan fingerprint density at radius 1 is 1.37 bits per heavy atom. The maximum absolute atomic E-state index is 11.4. The highest BCUT2D eigenvalue weighted by Gasteiger charge is 2.31. The lowest BCUT2D eigenvalue weighted by Crippen LogP contribution is -2.40. The van der Waals surface area contributed by atoms with Crippen LogP contribution in [-0.2, 0) is 14.8 Å². The molecule has 1 aromatic carbocycles. The first-order chi connectivity index (χ1) is 8.82. The average molecular weight is 284 g/mol. The van der Waals surface area contributed by atoms with Crippen LogP contribution in [0.1, 0.15) is 12.8 Å². The molecule has 0 spiro atoms. The van der Waals surface area contributed by atoms with Gasteiger partial charge in [0.25, 0.3) is 0 Å². The molecule has 1 aromatic rings. The van der Waals surface area contributed by atoms with Gasteiger partial charge in [-0.15, -0.1) is 0 Å². The fourth-order valence-corrected chi connectivity index (χ4v) is 3.06. The van der Waals surface area contributed by atoms with Gasteiger partial charge in [-0.25, -0.2) is 13.6 Å². The number of carbonyl (C=O) groups excluding carboxylic acids is 1. The number of benzene rings is 1. The third-order valence-corrected chi connectivity index (χ3v) is 4.21. The lowest BCUT2D eigenvalue weighted by molar-refractivity contribution is -0.119. The van der Waals surface area contributed by atoms with Crippen molar-refractivity contribution in [3.05, 3.63) is 18.2 Å². The molecule has 6 N–H and O–H groups in total. The number of nitrogens with two attached hydrogens (primary N) is 3. The van der Waals surface area contributed by atoms with E-state index in [2.05, 4.69) is 0 Å². The first-order valence-electron chi connectivity index (χ1n) is 5.79. The van der Waals surface area contributed by atoms with Gasteiger partial charge in [-0.1, -0.05) is 6.07 Å². The Labute approximate surface area is 111 Å². The number of nitrogen functional groups attached to an aromatic ring is 1. The molecule has 2 rings (SSSR count). The highest BCUT2D eigenvalue weighted by molar-refractivity contribution is 7.89. The number of primary amides is 1. The smallest absolute Gasteiger partial charge is 0.240 e. The first kappa shape index (κ1) is 13.6. The number of nitrogens with zero attached hydrogens (tertiary/aromatic N) is 1. The van der Waals surface area contributed by atoms with Crippen molar-refractivity contribution >= 4 is 27.3 Å². The molecular weight excluding hydrogens is 268 g/mol. The van der Waals surface area contributed by atoms with Crippen LogP contribution in [0.4, 0.5) is 11.4 Å². The minimum atomic E-state index is -3.89. The summed E-state index contributed by atoms with van der Waals surface area (Å²) in [4.78, 5) is 13.0. The van der Waals surface area contributed by atoms with E-state index in [1.807, 2.05) is 0 Å². The second kappa shape index (κ2) is 4.71. The van der Waals surface area contributed by atoms with Gasteiger partial charge in [0.1, 0.15) is 10.9 Å². The van der Waals surface area contributed by atoms with E-state index >= 15 is 0 Å². The van der Waals surface area contributed by atoms with Gasteiger partial charge in [0, 0.05) is 6.54 Å². The summed E-state index contributed by atoms with van der Waals surface area (Å²) in [5, 5.41) is 5.10. The van der Waals surface area contributed by atoms with E-state index in [0.29, 0.717) is 18.7 Å². The van der Waals surface area contributed by atoms with Gasteiger partial charge in [-0.3, -0.25) is 4.79 Å². The number of para-hydroxylation sites is 1. The first-order valence-corrected chi connectivity index (χ1v) is 7.34. The average Bonchev–Trinajstić information content (AvgIpc) is 2.76. The summed E-state index contributed by atoms with van der Waals surface area (Å²) in [5.41, 5.74) is 11.7. The van der Waals surface area contributed by atoms with Crippen LogP contribution < -0.4 is 21.5 Å². The molecule has 0 aromatic heterocycles. The number of sulfonamides is 1. The summed E-state index contributed by atoms with van der Waals surface area (Å²) in [6, 6.07) is 4.08. The van der Waals surface area contributed by atoms with Gasteiger partial charge in [-0.2, -0.15) is 0 Å². The Kier molecular flexibility index (Phi) is 3.38. The molecule has 1 aliphatic heterocycles. The summed E-state index contributed by atoms with van der Waals surface area (Å²) in [7, 11) is -3.89. The lowest BCUT2D eigenvalue weighted by Gasteiger charge is -2.26. The Morgan fingerprint density at radius 3 is 2.63 bits per heavy atom. The predicted molar refractivity (Wildman–Crippen MR) is 71.8 cm³/mol. The quantitative estimate of drug-likeness (QED) is 0.636. The second-order valence-corrected chi connectivity index (χ2v) is 6.02. The highest BCUT2D eigenvalue weighted by atomic mass is 32.2. The molecule has 0 radical (unpaired) electrons. The molecule has 1 unspecified atom stereocenters. The van der Waals surface area contributed by atoms with E-state index in [4.69, 9.17) is 16.6 Å². The van der Waals surface area contributed by atoms with Crippen molar-refractivity contribution in [2.45, 2.75) is 23.8 Å². The number of amides is 1. The van der Waals surface area contributed by atoms with Crippen LogP contribution in [0, 0.1) is 0 Å². The van der Waals surface area contributed by atoms with E-state index in [1.165, 1.54) is 6.07 Å². The number of hydrogen-bond donors (Lipinski definition) is 3. The van der Waals surface area contributed by atoms with Crippen molar-refractivity contribution in [3.63, 3.8) is 0 Å². The third kappa shape index (κ3) is 2.49. The predicted octanol–water partition coefficient (Wildman–Crippen LogP) is -0.630. The lowest BCUT2D eigenvalue weighted by atomic mass is 10.2. The zero-order valence-corrected chi connectivity index (χ0v) is 11.1. The largest absolute Gasteiger partial charge is 0.396 e. The molecule has 1 amide bonds. The van der Waals surface area contributed by atoms with Gasteiger partial charge in [0.15, 0.2) is 0 Å². The summed E-state index contributed by atoms with van der Waals surface area (Å²) in [5.74, 6) is -0.446. The number of carbonyl (C=O) groups is 1.